The summed E-state index contributed by atoms with van der Waals surface area (Å²) < 4.78 is 0. The third-order valence-electron chi connectivity index (χ3n) is 4.57. The molecular weight excluding hydrogens is 278 g/mol. The average molecular weight is 297 g/mol. The highest BCUT2D eigenvalue weighted by Gasteiger charge is 2.36. The molecule has 3 aromatic rings. The fourth-order valence-corrected chi connectivity index (χ4v) is 3.07. The van der Waals surface area contributed by atoms with Crippen LogP contribution in [0.5, 0.6) is 0 Å². The van der Waals surface area contributed by atoms with Gasteiger partial charge in [-0.2, -0.15) is 5.10 Å². The Balaban J connectivity index is 1.70. The number of hydrogen-bond donors (Lipinski definition) is 3. The van der Waals surface area contributed by atoms with Gasteiger partial charge in [-0.15, -0.1) is 0 Å². The van der Waals surface area contributed by atoms with E-state index in [0.29, 0.717) is 24.5 Å². The van der Waals surface area contributed by atoms with Crippen LogP contribution in [0.4, 0.5) is 0 Å². The maximum Gasteiger partial charge on any atom is 0.183 e. The van der Waals surface area contributed by atoms with Crippen LogP contribution < -0.4 is 0 Å². The topological polar surface area (TPSA) is 80.8 Å². The van der Waals surface area contributed by atoms with Gasteiger partial charge in [-0.1, -0.05) is 18.2 Å². The van der Waals surface area contributed by atoms with Gasteiger partial charge < -0.3 is 15.0 Å². The molecular formula is C16H19N5O. The van der Waals surface area contributed by atoms with Crippen LogP contribution in [0.25, 0.3) is 22.3 Å². The van der Waals surface area contributed by atoms with Crippen LogP contribution in [-0.4, -0.2) is 50.3 Å². The number of fused-ring (bicyclic) bond motifs is 1. The van der Waals surface area contributed by atoms with Crippen LogP contribution in [0.2, 0.25) is 0 Å². The molecule has 0 amide bonds. The van der Waals surface area contributed by atoms with Crippen molar-refractivity contribution in [2.75, 3.05) is 20.1 Å². The van der Waals surface area contributed by atoms with E-state index in [0.717, 1.165) is 29.6 Å². The summed E-state index contributed by atoms with van der Waals surface area (Å²) in [7, 11) is 2.07. The summed E-state index contributed by atoms with van der Waals surface area (Å²) in [5.74, 6) is 1.20. The summed E-state index contributed by atoms with van der Waals surface area (Å²) in [5, 5.41) is 19.2. The number of aromatic nitrogens is 4. The second-order valence-electron chi connectivity index (χ2n) is 6.09. The van der Waals surface area contributed by atoms with Crippen LogP contribution in [0, 0.1) is 0 Å². The molecule has 0 bridgehead atoms. The molecule has 6 nitrogen and oxygen atoms in total. The predicted molar refractivity (Wildman–Crippen MR) is 84.3 cm³/mol. The van der Waals surface area contributed by atoms with Crippen molar-refractivity contribution in [3.8, 4) is 11.4 Å². The lowest BCUT2D eigenvalue weighted by Crippen LogP contribution is -2.41. The van der Waals surface area contributed by atoms with E-state index in [1.807, 2.05) is 30.5 Å². The summed E-state index contributed by atoms with van der Waals surface area (Å²) in [6.07, 6.45) is 3.26. The number of aliphatic hydroxyl groups is 1. The van der Waals surface area contributed by atoms with Gasteiger partial charge in [0, 0.05) is 35.8 Å². The molecule has 22 heavy (non-hydrogen) atoms. The quantitative estimate of drug-likeness (QED) is 0.674. The lowest BCUT2D eigenvalue weighted by Gasteiger charge is -2.34. The van der Waals surface area contributed by atoms with E-state index in [1.54, 1.807) is 0 Å². The maximum atomic E-state index is 10.8. The number of hydrogen-bond acceptors (Lipinski definition) is 4. The summed E-state index contributed by atoms with van der Waals surface area (Å²) in [4.78, 5) is 10.0. The maximum absolute atomic E-state index is 10.8. The molecule has 0 unspecified atom stereocenters. The summed E-state index contributed by atoms with van der Waals surface area (Å²) in [6.45, 7) is 1.72. The Kier molecular flexibility index (Phi) is 3.02. The van der Waals surface area contributed by atoms with Crippen LogP contribution in [0.3, 0.4) is 0 Å². The molecule has 1 aliphatic heterocycles. The Labute approximate surface area is 128 Å². The second kappa shape index (κ2) is 4.93. The summed E-state index contributed by atoms with van der Waals surface area (Å²) >= 11 is 0. The molecule has 0 atom stereocenters. The zero-order valence-corrected chi connectivity index (χ0v) is 12.5. The zero-order chi connectivity index (χ0) is 15.2. The minimum Gasteiger partial charge on any atom is -0.382 e. The summed E-state index contributed by atoms with van der Waals surface area (Å²) in [6, 6.07) is 8.06. The van der Waals surface area contributed by atoms with E-state index in [-0.39, 0.29) is 0 Å². The number of aromatic amines is 2. The number of H-pyrrole nitrogens is 2. The molecule has 1 fully saturated rings. The minimum absolute atomic E-state index is 0.570. The van der Waals surface area contributed by atoms with Crippen molar-refractivity contribution in [1.82, 2.24) is 25.1 Å². The van der Waals surface area contributed by atoms with E-state index >= 15 is 0 Å². The Morgan fingerprint density at radius 2 is 2.00 bits per heavy atom. The molecule has 2 aromatic heterocycles. The first-order valence-corrected chi connectivity index (χ1v) is 7.56. The molecule has 114 valence electrons. The fourth-order valence-electron chi connectivity index (χ4n) is 3.07. The third-order valence-corrected chi connectivity index (χ3v) is 4.57. The number of rotatable bonds is 2. The SMILES string of the molecule is CN1CCC(O)(c2nc(-c3c[nH]c4ccccc34)n[nH]2)CC1. The van der Waals surface area contributed by atoms with Crippen molar-refractivity contribution in [2.45, 2.75) is 18.4 Å². The van der Waals surface area contributed by atoms with E-state index in [4.69, 9.17) is 0 Å². The fraction of sp³-hybridized carbons (Fsp3) is 0.375. The monoisotopic (exact) mass is 297 g/mol. The smallest absolute Gasteiger partial charge is 0.183 e. The van der Waals surface area contributed by atoms with Gasteiger partial charge in [0.05, 0.1) is 0 Å². The van der Waals surface area contributed by atoms with Crippen molar-refractivity contribution in [3.63, 3.8) is 0 Å². The molecule has 0 spiro atoms. The van der Waals surface area contributed by atoms with Crippen LogP contribution in [-0.2, 0) is 5.60 Å². The van der Waals surface area contributed by atoms with Crippen molar-refractivity contribution in [3.05, 3.63) is 36.3 Å². The average Bonchev–Trinajstić information content (AvgIpc) is 3.17. The lowest BCUT2D eigenvalue weighted by atomic mass is 9.91. The predicted octanol–water partition coefficient (Wildman–Crippen LogP) is 1.87. The van der Waals surface area contributed by atoms with E-state index < -0.39 is 5.60 Å². The molecule has 0 aliphatic carbocycles. The molecule has 3 heterocycles. The highest BCUT2D eigenvalue weighted by Crippen LogP contribution is 2.32. The Bertz CT molecular complexity index is 798. The molecule has 1 saturated heterocycles. The zero-order valence-electron chi connectivity index (χ0n) is 12.5. The third kappa shape index (κ3) is 2.12. The Morgan fingerprint density at radius 1 is 1.23 bits per heavy atom. The van der Waals surface area contributed by atoms with Crippen molar-refractivity contribution < 1.29 is 5.11 Å². The number of piperidine rings is 1. The van der Waals surface area contributed by atoms with E-state index in [1.165, 1.54) is 0 Å². The Hall–Kier alpha value is -2.18. The van der Waals surface area contributed by atoms with Crippen LogP contribution in [0.15, 0.2) is 30.5 Å². The van der Waals surface area contributed by atoms with E-state index in [2.05, 4.69) is 32.1 Å². The van der Waals surface area contributed by atoms with E-state index in [9.17, 15) is 5.11 Å². The first-order chi connectivity index (χ1) is 10.7. The van der Waals surface area contributed by atoms with Gasteiger partial charge in [0.2, 0.25) is 0 Å². The van der Waals surface area contributed by atoms with Crippen molar-refractivity contribution in [1.29, 1.82) is 0 Å². The molecule has 3 N–H and O–H groups in total. The van der Waals surface area contributed by atoms with Gasteiger partial charge in [0.15, 0.2) is 11.6 Å². The Morgan fingerprint density at radius 3 is 2.82 bits per heavy atom. The highest BCUT2D eigenvalue weighted by molar-refractivity contribution is 5.93. The molecule has 1 aliphatic rings. The van der Waals surface area contributed by atoms with Gasteiger partial charge in [-0.3, -0.25) is 5.10 Å². The number of benzene rings is 1. The number of nitrogens with one attached hydrogen (secondary N) is 2. The molecule has 1 aromatic carbocycles. The molecule has 6 heteroatoms. The second-order valence-corrected chi connectivity index (χ2v) is 6.09. The van der Waals surface area contributed by atoms with Crippen molar-refractivity contribution >= 4 is 10.9 Å². The van der Waals surface area contributed by atoms with Gasteiger partial charge in [0.1, 0.15) is 5.60 Å². The van der Waals surface area contributed by atoms with Crippen molar-refractivity contribution in [2.24, 2.45) is 0 Å². The van der Waals surface area contributed by atoms with Gasteiger partial charge in [-0.25, -0.2) is 4.98 Å². The number of nitrogens with zero attached hydrogens (tertiary/aromatic N) is 3. The van der Waals surface area contributed by atoms with Gasteiger partial charge in [-0.05, 0) is 26.0 Å². The normalized spacial score (nSPS) is 18.8. The number of para-hydroxylation sites is 1. The minimum atomic E-state index is -0.899. The van der Waals surface area contributed by atoms with Gasteiger partial charge >= 0.3 is 0 Å². The molecule has 0 saturated carbocycles. The molecule has 0 radical (unpaired) electrons. The molecule has 4 rings (SSSR count). The first-order valence-electron chi connectivity index (χ1n) is 7.56. The first kappa shape index (κ1) is 13.5. The largest absolute Gasteiger partial charge is 0.382 e. The van der Waals surface area contributed by atoms with Gasteiger partial charge in [0.25, 0.3) is 0 Å². The highest BCUT2D eigenvalue weighted by atomic mass is 16.3. The van der Waals surface area contributed by atoms with Crippen LogP contribution >= 0.6 is 0 Å². The summed E-state index contributed by atoms with van der Waals surface area (Å²) in [5.41, 5.74) is 1.11. The lowest BCUT2D eigenvalue weighted by molar-refractivity contribution is -0.0273. The number of likely N-dealkylation sites (tertiary alicyclic amines) is 1. The van der Waals surface area contributed by atoms with Crippen LogP contribution in [0.1, 0.15) is 18.7 Å². The standard InChI is InChI=1S/C16H19N5O/c1-21-8-6-16(22,7-9-21)15-18-14(19-20-15)12-10-17-13-5-3-2-4-11(12)13/h2-5,10,17,22H,6-9H2,1H3,(H,18,19,20).